The molecule has 2 heterocycles. The molecule has 0 unspecified atom stereocenters. The van der Waals surface area contributed by atoms with Gasteiger partial charge in [-0.1, -0.05) is 5.21 Å². The van der Waals surface area contributed by atoms with Crippen molar-refractivity contribution >= 4 is 0 Å². The Morgan fingerprint density at radius 1 is 1.47 bits per heavy atom. The van der Waals surface area contributed by atoms with Crippen molar-refractivity contribution < 1.29 is 4.42 Å². The highest BCUT2D eigenvalue weighted by Gasteiger charge is 2.00. The van der Waals surface area contributed by atoms with Gasteiger partial charge in [-0.2, -0.15) is 0 Å². The minimum absolute atomic E-state index is 0.578. The predicted octanol–water partition coefficient (Wildman–Crippen LogP) is 0.162. The lowest BCUT2D eigenvalue weighted by Crippen LogP contribution is -2.16. The van der Waals surface area contributed by atoms with Crippen LogP contribution in [0, 0.1) is 0 Å². The van der Waals surface area contributed by atoms with Crippen LogP contribution in [0.5, 0.6) is 0 Å². The van der Waals surface area contributed by atoms with Crippen LogP contribution in [0.2, 0.25) is 0 Å². The molecule has 0 aromatic carbocycles. The van der Waals surface area contributed by atoms with Crippen molar-refractivity contribution in [3.05, 3.63) is 36.0 Å². The lowest BCUT2D eigenvalue weighted by atomic mass is 10.3. The molecule has 3 N–H and O–H groups in total. The molecule has 0 aliphatic heterocycles. The van der Waals surface area contributed by atoms with Gasteiger partial charge in [-0.05, 0) is 12.1 Å². The summed E-state index contributed by atoms with van der Waals surface area (Å²) >= 11 is 0. The molecule has 0 aliphatic carbocycles. The van der Waals surface area contributed by atoms with Crippen molar-refractivity contribution in [2.24, 2.45) is 5.73 Å². The second-order valence-electron chi connectivity index (χ2n) is 3.77. The van der Waals surface area contributed by atoms with Crippen molar-refractivity contribution in [2.75, 3.05) is 13.1 Å². The number of rotatable bonds is 7. The lowest BCUT2D eigenvalue weighted by Gasteiger charge is -1.99. The van der Waals surface area contributed by atoms with Gasteiger partial charge in [-0.25, -0.2) is 0 Å². The van der Waals surface area contributed by atoms with E-state index in [4.69, 9.17) is 10.2 Å². The van der Waals surface area contributed by atoms with Crippen LogP contribution in [0.25, 0.3) is 0 Å². The number of nitrogens with zero attached hydrogens (tertiary/aromatic N) is 3. The Balaban J connectivity index is 1.67. The summed E-state index contributed by atoms with van der Waals surface area (Å²) in [4.78, 5) is 0. The molecule has 0 saturated carbocycles. The van der Waals surface area contributed by atoms with Crippen molar-refractivity contribution in [1.29, 1.82) is 0 Å². The van der Waals surface area contributed by atoms with Gasteiger partial charge < -0.3 is 15.5 Å². The van der Waals surface area contributed by atoms with Gasteiger partial charge in [0.2, 0.25) is 0 Å². The van der Waals surface area contributed by atoms with Gasteiger partial charge in [0.25, 0.3) is 0 Å². The van der Waals surface area contributed by atoms with Crippen LogP contribution >= 0.6 is 0 Å². The van der Waals surface area contributed by atoms with Gasteiger partial charge in [0.15, 0.2) is 0 Å². The van der Waals surface area contributed by atoms with E-state index >= 15 is 0 Å². The highest BCUT2D eigenvalue weighted by atomic mass is 16.3. The topological polar surface area (TPSA) is 81.9 Å². The largest absolute Gasteiger partial charge is 0.469 e. The molecule has 0 fully saturated rings. The minimum atomic E-state index is 0.578. The standard InChI is InChI=1S/C11H17N5O/c12-4-6-16-9-10(14-15-16)8-13-5-3-11-2-1-7-17-11/h1-2,7,9,13H,3-6,8,12H2. The van der Waals surface area contributed by atoms with Crippen LogP contribution in [-0.4, -0.2) is 28.1 Å². The summed E-state index contributed by atoms with van der Waals surface area (Å²) in [6.45, 7) is 2.86. The third-order valence-electron chi connectivity index (χ3n) is 2.38. The van der Waals surface area contributed by atoms with Crippen molar-refractivity contribution in [3.63, 3.8) is 0 Å². The first-order valence-electron chi connectivity index (χ1n) is 5.70. The Morgan fingerprint density at radius 3 is 3.18 bits per heavy atom. The maximum atomic E-state index is 5.43. The second-order valence-corrected chi connectivity index (χ2v) is 3.77. The third-order valence-corrected chi connectivity index (χ3v) is 2.38. The number of hydrogen-bond acceptors (Lipinski definition) is 5. The number of nitrogens with two attached hydrogens (primary N) is 1. The smallest absolute Gasteiger partial charge is 0.105 e. The maximum absolute atomic E-state index is 5.43. The van der Waals surface area contributed by atoms with Crippen molar-refractivity contribution in [3.8, 4) is 0 Å². The summed E-state index contributed by atoms with van der Waals surface area (Å²) in [5.41, 5.74) is 6.36. The van der Waals surface area contributed by atoms with E-state index in [9.17, 15) is 0 Å². The molecule has 6 nitrogen and oxygen atoms in total. The Kier molecular flexibility index (Phi) is 4.29. The van der Waals surface area contributed by atoms with E-state index < -0.39 is 0 Å². The Labute approximate surface area is 99.8 Å². The fourth-order valence-corrected chi connectivity index (χ4v) is 1.54. The molecule has 2 rings (SSSR count). The summed E-state index contributed by atoms with van der Waals surface area (Å²) < 4.78 is 6.99. The van der Waals surface area contributed by atoms with Gasteiger partial charge in [-0.15, -0.1) is 5.10 Å². The molecule has 0 saturated heterocycles. The van der Waals surface area contributed by atoms with Crippen molar-refractivity contribution in [1.82, 2.24) is 20.3 Å². The maximum Gasteiger partial charge on any atom is 0.105 e. The van der Waals surface area contributed by atoms with E-state index in [0.29, 0.717) is 19.6 Å². The van der Waals surface area contributed by atoms with E-state index in [-0.39, 0.29) is 0 Å². The number of nitrogens with one attached hydrogen (secondary N) is 1. The first-order valence-corrected chi connectivity index (χ1v) is 5.70. The molecule has 2 aromatic rings. The monoisotopic (exact) mass is 235 g/mol. The summed E-state index contributed by atoms with van der Waals surface area (Å²) in [6, 6.07) is 3.87. The molecule has 0 amide bonds. The summed E-state index contributed by atoms with van der Waals surface area (Å²) in [5, 5.41) is 11.3. The van der Waals surface area contributed by atoms with Crippen LogP contribution in [0.4, 0.5) is 0 Å². The molecule has 0 aliphatic rings. The first-order chi connectivity index (χ1) is 8.38. The second kappa shape index (κ2) is 6.17. The van der Waals surface area contributed by atoms with E-state index in [2.05, 4.69) is 15.6 Å². The molecule has 0 atom stereocenters. The zero-order valence-corrected chi connectivity index (χ0v) is 9.67. The van der Waals surface area contributed by atoms with Crippen LogP contribution in [0.15, 0.2) is 29.0 Å². The fraction of sp³-hybridized carbons (Fsp3) is 0.455. The Morgan fingerprint density at radius 2 is 2.41 bits per heavy atom. The lowest BCUT2D eigenvalue weighted by molar-refractivity contribution is 0.498. The Bertz CT molecular complexity index is 423. The van der Waals surface area contributed by atoms with Gasteiger partial charge >= 0.3 is 0 Å². The Hall–Kier alpha value is -1.66. The van der Waals surface area contributed by atoms with Crippen LogP contribution in [0.1, 0.15) is 11.5 Å². The zero-order chi connectivity index (χ0) is 11.9. The first kappa shape index (κ1) is 11.8. The average Bonchev–Trinajstić information content (AvgIpc) is 2.96. The molecule has 92 valence electrons. The van der Waals surface area contributed by atoms with E-state index in [1.165, 1.54) is 0 Å². The molecular formula is C11H17N5O. The molecule has 2 aromatic heterocycles. The molecular weight excluding hydrogens is 218 g/mol. The highest BCUT2D eigenvalue weighted by Crippen LogP contribution is 1.99. The van der Waals surface area contributed by atoms with Gasteiger partial charge in [0.05, 0.1) is 18.5 Å². The molecule has 17 heavy (non-hydrogen) atoms. The van der Waals surface area contributed by atoms with Gasteiger partial charge in [0.1, 0.15) is 5.76 Å². The fourth-order valence-electron chi connectivity index (χ4n) is 1.54. The molecule has 6 heteroatoms. The van der Waals surface area contributed by atoms with E-state index in [0.717, 1.165) is 24.4 Å². The molecule has 0 bridgehead atoms. The predicted molar refractivity (Wildman–Crippen MR) is 63.2 cm³/mol. The van der Waals surface area contributed by atoms with Gasteiger partial charge in [-0.3, -0.25) is 4.68 Å². The summed E-state index contributed by atoms with van der Waals surface area (Å²) in [7, 11) is 0. The van der Waals surface area contributed by atoms with Crippen LogP contribution < -0.4 is 11.1 Å². The quantitative estimate of drug-likeness (QED) is 0.668. The number of aromatic nitrogens is 3. The van der Waals surface area contributed by atoms with E-state index in [1.807, 2.05) is 18.3 Å². The van der Waals surface area contributed by atoms with Crippen molar-refractivity contribution in [2.45, 2.75) is 19.5 Å². The number of hydrogen-bond donors (Lipinski definition) is 2. The zero-order valence-electron chi connectivity index (χ0n) is 9.67. The molecule has 0 spiro atoms. The molecule has 0 radical (unpaired) electrons. The van der Waals surface area contributed by atoms with E-state index in [1.54, 1.807) is 10.9 Å². The number of furan rings is 1. The summed E-state index contributed by atoms with van der Waals surface area (Å²) in [5.74, 6) is 0.990. The average molecular weight is 235 g/mol. The van der Waals surface area contributed by atoms with Gasteiger partial charge in [0, 0.05) is 32.3 Å². The SMILES string of the molecule is NCCn1cc(CNCCc2ccco2)nn1. The summed E-state index contributed by atoms with van der Waals surface area (Å²) in [6.07, 6.45) is 4.48. The van der Waals surface area contributed by atoms with Crippen LogP contribution in [0.3, 0.4) is 0 Å². The highest BCUT2D eigenvalue weighted by molar-refractivity contribution is 4.98. The third kappa shape index (κ3) is 3.69. The van der Waals surface area contributed by atoms with Crippen LogP contribution in [-0.2, 0) is 19.5 Å². The normalized spacial score (nSPS) is 10.9. The minimum Gasteiger partial charge on any atom is -0.469 e.